The highest BCUT2D eigenvalue weighted by Gasteiger charge is 2.46. The Labute approximate surface area is 445 Å². The summed E-state index contributed by atoms with van der Waals surface area (Å²) in [6.07, 6.45) is 10.2. The predicted octanol–water partition coefficient (Wildman–Crippen LogP) is 5.69. The topological polar surface area (TPSA) is 272 Å². The number of thiophene rings is 1. The van der Waals surface area contributed by atoms with Gasteiger partial charge in [-0.2, -0.15) is 0 Å². The average molecular weight is 1060 g/mol. The van der Waals surface area contributed by atoms with Crippen molar-refractivity contribution in [2.24, 2.45) is 17.1 Å². The van der Waals surface area contributed by atoms with Gasteiger partial charge < -0.3 is 46.9 Å². The first kappa shape index (κ1) is 55.8. The number of nitrogens with two attached hydrogens (primary N) is 1. The highest BCUT2D eigenvalue weighted by atomic mass is 32.1. The third kappa shape index (κ3) is 14.5. The number of ether oxygens (including phenoxy) is 1. The van der Waals surface area contributed by atoms with Crippen LogP contribution in [0, 0.1) is 18.3 Å². The molecule has 3 aliphatic rings. The minimum absolute atomic E-state index is 0.0558. The summed E-state index contributed by atoms with van der Waals surface area (Å²) in [5, 5.41) is 15.0. The summed E-state index contributed by atoms with van der Waals surface area (Å²) >= 11 is 1.69. The number of urea groups is 1. The number of aryl methyl sites for hydroxylation is 1. The number of hydrogen-bond acceptors (Lipinski definition) is 12. The number of carbonyl (C=O) groups is 9. The van der Waals surface area contributed by atoms with E-state index >= 15 is 0 Å². The smallest absolute Gasteiger partial charge is 0.410 e. The largest absolute Gasteiger partial charge is 0.445 e. The van der Waals surface area contributed by atoms with Gasteiger partial charge in [-0.05, 0) is 116 Å². The second-order valence-corrected chi connectivity index (χ2v) is 21.0. The maximum atomic E-state index is 13.7. The first-order valence-corrected chi connectivity index (χ1v) is 26.4. The van der Waals surface area contributed by atoms with E-state index in [4.69, 9.17) is 10.5 Å². The number of likely N-dealkylation sites (tertiary alicyclic amines) is 1. The lowest BCUT2D eigenvalue weighted by atomic mass is 9.71. The van der Waals surface area contributed by atoms with Gasteiger partial charge in [0, 0.05) is 79.3 Å². The van der Waals surface area contributed by atoms with E-state index in [-0.39, 0.29) is 68.0 Å². The molecular weight excluding hydrogens is 993 g/mol. The molecule has 1 fully saturated rings. The van der Waals surface area contributed by atoms with Gasteiger partial charge >= 0.3 is 12.1 Å². The third-order valence-corrected chi connectivity index (χ3v) is 15.2. The van der Waals surface area contributed by atoms with Gasteiger partial charge in [0.25, 0.3) is 11.8 Å². The Morgan fingerprint density at radius 2 is 1.66 bits per heavy atom. The monoisotopic (exact) mass is 1060 g/mol. The van der Waals surface area contributed by atoms with Gasteiger partial charge in [-0.1, -0.05) is 50.6 Å². The van der Waals surface area contributed by atoms with Gasteiger partial charge in [-0.25, -0.2) is 14.6 Å². The first-order valence-electron chi connectivity index (χ1n) is 25.6. The Hall–Kier alpha value is -7.94. The lowest BCUT2D eigenvalue weighted by molar-refractivity contribution is -0.137. The number of piperidine rings is 1. The first-order chi connectivity index (χ1) is 36.4. The number of carbonyl (C=O) groups excluding carboxylic acids is 9. The molecule has 0 saturated carbocycles. The van der Waals surface area contributed by atoms with E-state index in [0.29, 0.717) is 81.6 Å². The number of nitrogens with zero attached hydrogens (tertiary/aromatic N) is 4. The maximum absolute atomic E-state index is 13.7. The number of likely N-dealkylation sites (N-methyl/N-ethyl adjacent to an activating group) is 1. The van der Waals surface area contributed by atoms with Crippen molar-refractivity contribution in [3.63, 3.8) is 0 Å². The number of anilines is 2. The Kier molecular flexibility index (Phi) is 18.7. The summed E-state index contributed by atoms with van der Waals surface area (Å²) in [5.41, 5.74) is 8.28. The summed E-state index contributed by atoms with van der Waals surface area (Å²) in [7, 11) is 1.78. The molecule has 1 spiro atoms. The van der Waals surface area contributed by atoms with Crippen LogP contribution in [0.25, 0.3) is 16.2 Å². The van der Waals surface area contributed by atoms with Gasteiger partial charge in [0.1, 0.15) is 24.5 Å². The van der Waals surface area contributed by atoms with Crippen LogP contribution in [0.1, 0.15) is 92.3 Å². The lowest BCUT2D eigenvalue weighted by Crippen LogP contribution is -2.54. The van der Waals surface area contributed by atoms with Gasteiger partial charge in [0.15, 0.2) is 0 Å². The van der Waals surface area contributed by atoms with Crippen LogP contribution in [0.5, 0.6) is 0 Å². The van der Waals surface area contributed by atoms with Crippen molar-refractivity contribution < 1.29 is 47.9 Å². The molecule has 2 aromatic carbocycles. The number of hydrogen-bond donors (Lipinski definition) is 6. The molecule has 5 heterocycles. The number of primary amides is 1. The van der Waals surface area contributed by atoms with Crippen LogP contribution in [0.3, 0.4) is 0 Å². The second kappa shape index (κ2) is 25.5. The van der Waals surface area contributed by atoms with Crippen LogP contribution >= 0.6 is 11.3 Å². The quantitative estimate of drug-likeness (QED) is 0.0316. The number of imide groups is 1. The fourth-order valence-electron chi connectivity index (χ4n) is 9.40. The molecule has 0 bridgehead atoms. The zero-order valence-electron chi connectivity index (χ0n) is 43.3. The Bertz CT molecular complexity index is 2890. The highest BCUT2D eigenvalue weighted by molar-refractivity contribution is 7.19. The van der Waals surface area contributed by atoms with Crippen molar-refractivity contribution in [2.75, 3.05) is 43.9 Å². The molecule has 21 heteroatoms. The molecule has 76 heavy (non-hydrogen) atoms. The van der Waals surface area contributed by atoms with Gasteiger partial charge in [-0.3, -0.25) is 38.5 Å². The van der Waals surface area contributed by atoms with Crippen molar-refractivity contribution >= 4 is 92.5 Å². The van der Waals surface area contributed by atoms with Crippen LogP contribution in [-0.4, -0.2) is 118 Å². The molecule has 7 rings (SSSR count). The fraction of sp³-hybridized carbons (Fsp3) is 0.418. The average Bonchev–Trinajstić information content (AvgIpc) is 3.91. The Morgan fingerprint density at radius 3 is 2.36 bits per heavy atom. The van der Waals surface area contributed by atoms with Gasteiger partial charge in [0.2, 0.25) is 29.5 Å². The van der Waals surface area contributed by atoms with E-state index in [1.807, 2.05) is 18.2 Å². The zero-order chi connectivity index (χ0) is 54.5. The molecule has 2 unspecified atom stereocenters. The summed E-state index contributed by atoms with van der Waals surface area (Å²) in [4.78, 5) is 125. The highest BCUT2D eigenvalue weighted by Crippen LogP contribution is 2.41. The molecule has 402 valence electrons. The molecule has 0 aliphatic carbocycles. The standard InChI is InChI=1S/C55H66N10O10S/c1-34(2)48(61-44(66)14-6-5-9-26-65-46(68)21-22-47(65)69)51(71)60-41(12-10-25-57-53(56)73)50(70)59-39-18-15-36(16-19-39)33-75-54(74)64-27-23-55(24-28-64)30-38-29-37(31-58-49(38)62-52(55)72)17-20-45(67)63(4)32-43-35(3)40-11-7-8-13-42(40)76-43/h7-8,11,13,15-22,29,31,34,41,48H,5-6,9-10,12,14,23-28,30,32-33H2,1-4H3,(H,59,70)(H,60,71)(H,61,66)(H3,56,57,73)(H,58,62,72). The molecule has 1 saturated heterocycles. The molecule has 2 atom stereocenters. The lowest BCUT2D eigenvalue weighted by Gasteiger charge is -2.42. The van der Waals surface area contributed by atoms with E-state index in [1.165, 1.54) is 33.9 Å². The second-order valence-electron chi connectivity index (χ2n) is 19.8. The van der Waals surface area contributed by atoms with Crippen LogP contribution in [0.15, 0.2) is 79.0 Å². The SMILES string of the molecule is Cc1c(CN(C)C(=O)C=Cc2cnc3c(c2)CC2(CCN(C(=O)OCc4ccc(NC(=O)C(CCCNC(N)=O)NC(=O)C(NC(=O)CCCCCN5C(=O)C=CC5=O)C(C)C)cc4)CC2)C(=O)N3)sc2ccccc12. The number of unbranched alkanes of at least 4 members (excludes halogenated alkanes) is 2. The van der Waals surface area contributed by atoms with Crippen LogP contribution in [-0.2, 0) is 57.9 Å². The number of aromatic nitrogens is 1. The minimum Gasteiger partial charge on any atom is -0.445 e. The van der Waals surface area contributed by atoms with Crippen molar-refractivity contribution in [1.82, 2.24) is 35.6 Å². The summed E-state index contributed by atoms with van der Waals surface area (Å²) in [5.74, 6) is -2.33. The summed E-state index contributed by atoms with van der Waals surface area (Å²) in [6.45, 7) is 7.05. The molecule has 20 nitrogen and oxygen atoms in total. The summed E-state index contributed by atoms with van der Waals surface area (Å²) in [6, 6.07) is 14.0. The third-order valence-electron chi connectivity index (χ3n) is 14.0. The zero-order valence-corrected chi connectivity index (χ0v) is 44.1. The maximum Gasteiger partial charge on any atom is 0.410 e. The van der Waals surface area contributed by atoms with Crippen molar-refractivity contribution in [3.05, 3.63) is 106 Å². The van der Waals surface area contributed by atoms with Crippen LogP contribution in [0.2, 0.25) is 0 Å². The number of amides is 10. The molecule has 10 amide bonds. The number of nitrogens with one attached hydrogen (secondary N) is 5. The molecular formula is C55H66N10O10S. The van der Waals surface area contributed by atoms with Crippen molar-refractivity contribution in [1.29, 1.82) is 0 Å². The predicted molar refractivity (Wildman–Crippen MR) is 287 cm³/mol. The van der Waals surface area contributed by atoms with E-state index in [0.717, 1.165) is 20.9 Å². The Morgan fingerprint density at radius 1 is 0.934 bits per heavy atom. The fourth-order valence-corrected chi connectivity index (χ4v) is 10.7. The molecule has 3 aliphatic heterocycles. The van der Waals surface area contributed by atoms with Crippen molar-refractivity contribution in [2.45, 2.75) is 104 Å². The minimum atomic E-state index is -1.06. The number of rotatable bonds is 22. The van der Waals surface area contributed by atoms with Crippen molar-refractivity contribution in [3.8, 4) is 0 Å². The molecule has 4 aromatic rings. The van der Waals surface area contributed by atoms with E-state index in [2.05, 4.69) is 50.6 Å². The Balaban J connectivity index is 0.860. The van der Waals surface area contributed by atoms with Crippen LogP contribution in [0.4, 0.5) is 21.1 Å². The van der Waals surface area contributed by atoms with Crippen LogP contribution < -0.4 is 32.3 Å². The molecule has 2 aromatic heterocycles. The number of fused-ring (bicyclic) bond motifs is 2. The van der Waals surface area contributed by atoms with Gasteiger partial charge in [-0.15, -0.1) is 11.3 Å². The van der Waals surface area contributed by atoms with E-state index < -0.39 is 41.4 Å². The summed E-state index contributed by atoms with van der Waals surface area (Å²) < 4.78 is 6.86. The molecule has 7 N–H and O–H groups in total. The number of pyridine rings is 1. The van der Waals surface area contributed by atoms with Gasteiger partial charge in [0.05, 0.1) is 12.0 Å². The normalized spacial score (nSPS) is 15.6. The number of benzene rings is 2. The molecule has 0 radical (unpaired) electrons. The van der Waals surface area contributed by atoms with E-state index in [1.54, 1.807) is 78.6 Å². The van der Waals surface area contributed by atoms with E-state index in [9.17, 15) is 43.2 Å².